The van der Waals surface area contributed by atoms with Crippen molar-refractivity contribution in [3.05, 3.63) is 130 Å². The van der Waals surface area contributed by atoms with Gasteiger partial charge in [0.1, 0.15) is 5.60 Å². The Bertz CT molecular complexity index is 1480. The van der Waals surface area contributed by atoms with Crippen molar-refractivity contribution in [1.29, 1.82) is 0 Å². The van der Waals surface area contributed by atoms with Gasteiger partial charge in [0.25, 0.3) is 0 Å². The maximum atomic E-state index is 12.6. The van der Waals surface area contributed by atoms with Gasteiger partial charge in [0.15, 0.2) is 0 Å². The largest absolute Gasteiger partial charge is 0.376 e. The summed E-state index contributed by atoms with van der Waals surface area (Å²) in [5.74, 6) is 0. The highest BCUT2D eigenvalue weighted by Gasteiger charge is 2.45. The van der Waals surface area contributed by atoms with E-state index in [9.17, 15) is 5.11 Å². The molecule has 0 bridgehead atoms. The lowest BCUT2D eigenvalue weighted by atomic mass is 9.84. The summed E-state index contributed by atoms with van der Waals surface area (Å²) in [5, 5.41) is 14.9. The van der Waals surface area contributed by atoms with Gasteiger partial charge >= 0.3 is 0 Å². The summed E-state index contributed by atoms with van der Waals surface area (Å²) in [6, 6.07) is 37.4. The van der Waals surface area contributed by atoms with Crippen LogP contribution in [0.15, 0.2) is 123 Å². The fourth-order valence-corrected chi connectivity index (χ4v) is 6.18. The minimum absolute atomic E-state index is 0.905. The second-order valence-corrected chi connectivity index (χ2v) is 10.1. The minimum Gasteiger partial charge on any atom is -0.376 e. The quantitative estimate of drug-likeness (QED) is 0.274. The SMILES string of the molecule is OC1(c2ccccc2Sc2ccccc2)c2cc(Br)ccc2-c2c1ccc1ccccc21. The number of aliphatic hydroxyl groups is 1. The number of fused-ring (bicyclic) bond motifs is 5. The molecule has 154 valence electrons. The molecule has 5 aromatic carbocycles. The summed E-state index contributed by atoms with van der Waals surface area (Å²) >= 11 is 5.32. The number of hydrogen-bond donors (Lipinski definition) is 1. The van der Waals surface area contributed by atoms with Gasteiger partial charge in [0.05, 0.1) is 0 Å². The first-order chi connectivity index (χ1) is 15.7. The number of hydrogen-bond acceptors (Lipinski definition) is 2. The zero-order valence-corrected chi connectivity index (χ0v) is 19.5. The van der Waals surface area contributed by atoms with Crippen LogP contribution in [0.25, 0.3) is 21.9 Å². The third kappa shape index (κ3) is 2.96. The zero-order chi connectivity index (χ0) is 21.7. The van der Waals surface area contributed by atoms with Crippen molar-refractivity contribution in [1.82, 2.24) is 0 Å². The van der Waals surface area contributed by atoms with Gasteiger partial charge in [-0.2, -0.15) is 0 Å². The molecule has 3 heteroatoms. The Balaban J connectivity index is 1.65. The van der Waals surface area contributed by atoms with Crippen molar-refractivity contribution < 1.29 is 5.11 Å². The second-order valence-electron chi connectivity index (χ2n) is 8.02. The number of rotatable bonds is 3. The van der Waals surface area contributed by atoms with E-state index in [1.54, 1.807) is 11.8 Å². The van der Waals surface area contributed by atoms with Crippen LogP contribution in [0.2, 0.25) is 0 Å². The third-order valence-electron chi connectivity index (χ3n) is 6.21. The molecular formula is C29H19BrOS. The summed E-state index contributed by atoms with van der Waals surface area (Å²) in [5.41, 5.74) is 3.72. The summed E-state index contributed by atoms with van der Waals surface area (Å²) in [6.07, 6.45) is 0. The topological polar surface area (TPSA) is 20.2 Å². The molecular weight excluding hydrogens is 476 g/mol. The predicted octanol–water partition coefficient (Wildman–Crippen LogP) is 8.02. The molecule has 1 atom stereocenters. The monoisotopic (exact) mass is 494 g/mol. The first-order valence-corrected chi connectivity index (χ1v) is 12.1. The standard InChI is InChI=1S/C29H19BrOS/c30-20-15-16-23-26(18-20)29(31,25-17-14-19-8-4-5-11-22(19)28(23)25)24-12-6-7-13-27(24)32-21-9-2-1-3-10-21/h1-18,31H. The lowest BCUT2D eigenvalue weighted by Gasteiger charge is -2.29. The fourth-order valence-electron chi connectivity index (χ4n) is 4.80. The Morgan fingerprint density at radius 3 is 2.28 bits per heavy atom. The molecule has 6 rings (SSSR count). The Hall–Kier alpha value is -2.85. The van der Waals surface area contributed by atoms with E-state index in [1.165, 1.54) is 5.39 Å². The van der Waals surface area contributed by atoms with Gasteiger partial charge in [-0.3, -0.25) is 0 Å². The van der Waals surface area contributed by atoms with Crippen LogP contribution in [0.1, 0.15) is 16.7 Å². The van der Waals surface area contributed by atoms with Gasteiger partial charge in [-0.1, -0.05) is 107 Å². The van der Waals surface area contributed by atoms with E-state index in [-0.39, 0.29) is 0 Å². The van der Waals surface area contributed by atoms with Crippen molar-refractivity contribution in [2.75, 3.05) is 0 Å². The highest BCUT2D eigenvalue weighted by molar-refractivity contribution is 9.10. The zero-order valence-electron chi connectivity index (χ0n) is 17.1. The molecule has 0 aliphatic heterocycles. The third-order valence-corrected chi connectivity index (χ3v) is 7.78. The molecule has 0 spiro atoms. The molecule has 1 aliphatic carbocycles. The van der Waals surface area contributed by atoms with Crippen LogP contribution in [-0.2, 0) is 5.60 Å². The van der Waals surface area contributed by atoms with Gasteiger partial charge in [-0.15, -0.1) is 0 Å². The van der Waals surface area contributed by atoms with Crippen LogP contribution in [0.5, 0.6) is 0 Å². The predicted molar refractivity (Wildman–Crippen MR) is 136 cm³/mol. The van der Waals surface area contributed by atoms with Gasteiger partial charge < -0.3 is 5.11 Å². The number of halogens is 1. The summed E-state index contributed by atoms with van der Waals surface area (Å²) in [7, 11) is 0. The Labute approximate surface area is 199 Å². The smallest absolute Gasteiger partial charge is 0.142 e. The lowest BCUT2D eigenvalue weighted by Crippen LogP contribution is -2.27. The average molecular weight is 495 g/mol. The van der Waals surface area contributed by atoms with Crippen molar-refractivity contribution in [3.8, 4) is 11.1 Å². The fraction of sp³-hybridized carbons (Fsp3) is 0.0345. The average Bonchev–Trinajstić information content (AvgIpc) is 3.09. The molecule has 0 amide bonds. The van der Waals surface area contributed by atoms with E-state index in [1.807, 2.05) is 30.3 Å². The van der Waals surface area contributed by atoms with Crippen LogP contribution in [-0.4, -0.2) is 5.11 Å². The van der Waals surface area contributed by atoms with Crippen molar-refractivity contribution in [3.63, 3.8) is 0 Å². The van der Waals surface area contributed by atoms with Crippen LogP contribution in [0.3, 0.4) is 0 Å². The van der Waals surface area contributed by atoms with E-state index in [0.717, 1.165) is 47.5 Å². The Kier molecular flexibility index (Phi) is 4.72. The molecule has 1 nitrogen and oxygen atoms in total. The van der Waals surface area contributed by atoms with E-state index in [4.69, 9.17) is 0 Å². The molecule has 1 unspecified atom stereocenters. The van der Waals surface area contributed by atoms with Crippen LogP contribution < -0.4 is 0 Å². The van der Waals surface area contributed by atoms with E-state index < -0.39 is 5.60 Å². The molecule has 1 N–H and O–H groups in total. The molecule has 0 heterocycles. The molecule has 0 fully saturated rings. The summed E-state index contributed by atoms with van der Waals surface area (Å²) in [4.78, 5) is 2.20. The highest BCUT2D eigenvalue weighted by atomic mass is 79.9. The van der Waals surface area contributed by atoms with Gasteiger partial charge in [-0.05, 0) is 52.2 Å². The summed E-state index contributed by atoms with van der Waals surface area (Å²) in [6.45, 7) is 0. The van der Waals surface area contributed by atoms with Gasteiger partial charge in [0, 0.05) is 31.0 Å². The summed E-state index contributed by atoms with van der Waals surface area (Å²) < 4.78 is 0.958. The highest BCUT2D eigenvalue weighted by Crippen LogP contribution is 2.55. The van der Waals surface area contributed by atoms with Crippen molar-refractivity contribution in [2.24, 2.45) is 0 Å². The van der Waals surface area contributed by atoms with E-state index >= 15 is 0 Å². The molecule has 1 aliphatic rings. The van der Waals surface area contributed by atoms with E-state index in [0.29, 0.717) is 0 Å². The maximum Gasteiger partial charge on any atom is 0.142 e. The Morgan fingerprint density at radius 1 is 0.656 bits per heavy atom. The molecule has 0 radical (unpaired) electrons. The first kappa shape index (κ1) is 19.8. The number of benzene rings is 5. The molecule has 5 aromatic rings. The lowest BCUT2D eigenvalue weighted by molar-refractivity contribution is 0.128. The van der Waals surface area contributed by atoms with Crippen LogP contribution in [0, 0.1) is 0 Å². The van der Waals surface area contributed by atoms with E-state index in [2.05, 4.69) is 94.8 Å². The normalized spacial score (nSPS) is 16.7. The van der Waals surface area contributed by atoms with Crippen LogP contribution in [0.4, 0.5) is 0 Å². The Morgan fingerprint density at radius 2 is 1.41 bits per heavy atom. The molecule has 32 heavy (non-hydrogen) atoms. The molecule has 0 aromatic heterocycles. The van der Waals surface area contributed by atoms with Crippen LogP contribution >= 0.6 is 27.7 Å². The maximum absolute atomic E-state index is 12.6. The first-order valence-electron chi connectivity index (χ1n) is 10.5. The van der Waals surface area contributed by atoms with Crippen molar-refractivity contribution in [2.45, 2.75) is 15.4 Å². The molecule has 0 saturated heterocycles. The van der Waals surface area contributed by atoms with Gasteiger partial charge in [-0.25, -0.2) is 0 Å². The van der Waals surface area contributed by atoms with Crippen molar-refractivity contribution >= 4 is 38.5 Å². The minimum atomic E-state index is -1.24. The van der Waals surface area contributed by atoms with Gasteiger partial charge in [0.2, 0.25) is 0 Å². The second kappa shape index (κ2) is 7.63. The molecule has 0 saturated carbocycles.